The summed E-state index contributed by atoms with van der Waals surface area (Å²) in [7, 11) is 0. The number of carbonyl (C=O) groups excluding carboxylic acids is 1. The van der Waals surface area contributed by atoms with Crippen molar-refractivity contribution < 1.29 is 23.2 Å². The molecule has 0 saturated heterocycles. The number of hydrogen-bond acceptors (Lipinski definition) is 5. The Kier molecular flexibility index (Phi) is 7.01. The molecule has 0 saturated carbocycles. The molecule has 0 aromatic carbocycles. The summed E-state index contributed by atoms with van der Waals surface area (Å²) in [4.78, 5) is 21.7. The lowest BCUT2D eigenvalue weighted by atomic mass is 10.3. The number of nitrogens with one attached hydrogen (secondary N) is 1. The van der Waals surface area contributed by atoms with Crippen molar-refractivity contribution in [1.82, 2.24) is 15.1 Å². The minimum atomic E-state index is -3.08. The summed E-state index contributed by atoms with van der Waals surface area (Å²) in [5, 5.41) is 16.9. The highest BCUT2D eigenvalue weighted by Crippen LogP contribution is 2.30. The molecule has 1 aromatic rings. The quantitative estimate of drug-likeness (QED) is 0.423. The van der Waals surface area contributed by atoms with Crippen molar-refractivity contribution in [3.8, 4) is 0 Å². The second-order valence-corrected chi connectivity index (χ2v) is 5.16. The molecule has 130 valence electrons. The summed E-state index contributed by atoms with van der Waals surface area (Å²) < 4.78 is 31.8. The van der Waals surface area contributed by atoms with E-state index in [1.807, 2.05) is 13.8 Å². The number of hydrogen-bond donors (Lipinski definition) is 1. The normalized spacial score (nSPS) is 11.3. The summed E-state index contributed by atoms with van der Waals surface area (Å²) in [6, 6.07) is 0. The molecule has 0 aliphatic heterocycles. The van der Waals surface area contributed by atoms with Crippen LogP contribution < -0.4 is 5.32 Å². The first-order valence-corrected chi connectivity index (χ1v) is 7.12. The maximum atomic E-state index is 12.8. The molecule has 0 bridgehead atoms. The van der Waals surface area contributed by atoms with Gasteiger partial charge in [-0.05, 0) is 27.2 Å². The Morgan fingerprint density at radius 1 is 1.48 bits per heavy atom. The predicted octanol–water partition coefficient (Wildman–Crippen LogP) is 1.97. The zero-order chi connectivity index (χ0) is 17.6. The number of nitrogens with zero attached hydrogens (tertiary/aromatic N) is 3. The van der Waals surface area contributed by atoms with Gasteiger partial charge in [0.15, 0.2) is 0 Å². The number of aromatic nitrogens is 2. The molecule has 1 N–H and O–H groups in total. The second kappa shape index (κ2) is 8.51. The van der Waals surface area contributed by atoms with Crippen LogP contribution in [0.1, 0.15) is 38.1 Å². The Balaban J connectivity index is 2.61. The van der Waals surface area contributed by atoms with Crippen LogP contribution in [0, 0.1) is 17.0 Å². The van der Waals surface area contributed by atoms with E-state index in [1.165, 1.54) is 6.92 Å². The zero-order valence-corrected chi connectivity index (χ0v) is 13.2. The fourth-order valence-electron chi connectivity index (χ4n) is 1.90. The summed E-state index contributed by atoms with van der Waals surface area (Å²) in [6.07, 6.45) is -2.37. The Morgan fingerprint density at radius 2 is 2.13 bits per heavy atom. The molecular weight excluding hydrogens is 314 g/mol. The number of nitro groups is 1. The highest BCUT2D eigenvalue weighted by Gasteiger charge is 2.31. The molecule has 1 heterocycles. The van der Waals surface area contributed by atoms with Gasteiger partial charge >= 0.3 is 5.69 Å². The van der Waals surface area contributed by atoms with Crippen LogP contribution in [-0.2, 0) is 16.1 Å². The Labute approximate surface area is 131 Å². The zero-order valence-electron chi connectivity index (χ0n) is 13.2. The molecule has 0 atom stereocenters. The van der Waals surface area contributed by atoms with E-state index < -0.39 is 28.6 Å². The third-order valence-electron chi connectivity index (χ3n) is 2.98. The van der Waals surface area contributed by atoms with E-state index in [9.17, 15) is 23.7 Å². The van der Waals surface area contributed by atoms with Crippen molar-refractivity contribution in [1.29, 1.82) is 0 Å². The van der Waals surface area contributed by atoms with Gasteiger partial charge in [-0.15, -0.1) is 0 Å². The smallest absolute Gasteiger partial charge is 0.319 e. The fraction of sp³-hybridized carbons (Fsp3) is 0.692. The van der Waals surface area contributed by atoms with Crippen molar-refractivity contribution in [3.05, 3.63) is 21.5 Å². The monoisotopic (exact) mass is 334 g/mol. The van der Waals surface area contributed by atoms with Gasteiger partial charge in [0.25, 0.3) is 6.43 Å². The van der Waals surface area contributed by atoms with Gasteiger partial charge in [0.05, 0.1) is 11.0 Å². The number of ether oxygens (including phenoxy) is 1. The molecule has 0 aliphatic carbocycles. The molecule has 1 aromatic heterocycles. The number of rotatable bonds is 9. The van der Waals surface area contributed by atoms with Crippen LogP contribution in [0.4, 0.5) is 14.5 Å². The molecule has 23 heavy (non-hydrogen) atoms. The van der Waals surface area contributed by atoms with E-state index in [4.69, 9.17) is 4.74 Å². The third-order valence-corrected chi connectivity index (χ3v) is 2.98. The molecule has 0 fully saturated rings. The van der Waals surface area contributed by atoms with Gasteiger partial charge in [0, 0.05) is 13.2 Å². The van der Waals surface area contributed by atoms with E-state index >= 15 is 0 Å². The van der Waals surface area contributed by atoms with Crippen molar-refractivity contribution in [3.63, 3.8) is 0 Å². The van der Waals surface area contributed by atoms with Crippen LogP contribution in [-0.4, -0.2) is 39.9 Å². The first-order valence-electron chi connectivity index (χ1n) is 7.12. The Morgan fingerprint density at radius 3 is 2.61 bits per heavy atom. The lowest BCUT2D eigenvalue weighted by molar-refractivity contribution is -0.386. The van der Waals surface area contributed by atoms with Crippen LogP contribution in [0.2, 0.25) is 0 Å². The van der Waals surface area contributed by atoms with Crippen LogP contribution in [0.15, 0.2) is 0 Å². The van der Waals surface area contributed by atoms with E-state index in [1.54, 1.807) is 0 Å². The Hall–Kier alpha value is -2.10. The van der Waals surface area contributed by atoms with Crippen molar-refractivity contribution in [2.45, 2.75) is 46.3 Å². The molecule has 0 unspecified atom stereocenters. The van der Waals surface area contributed by atoms with Crippen LogP contribution in [0.5, 0.6) is 0 Å². The number of carbonyl (C=O) groups is 1. The average Bonchev–Trinajstić information content (AvgIpc) is 2.75. The summed E-state index contributed by atoms with van der Waals surface area (Å²) in [5.74, 6) is -0.462. The van der Waals surface area contributed by atoms with Crippen LogP contribution >= 0.6 is 0 Å². The largest absolute Gasteiger partial charge is 0.379 e. The predicted molar refractivity (Wildman–Crippen MR) is 77.3 cm³/mol. The standard InChI is InChI=1S/C13H20F2N4O4/c1-8(2)23-6-4-5-16-10(20)7-18-9(3)12(19(21)22)11(17-18)13(14)15/h8,13H,4-7H2,1-3H3,(H,16,20). The number of halogens is 2. The fourth-order valence-corrected chi connectivity index (χ4v) is 1.90. The summed E-state index contributed by atoms with van der Waals surface area (Å²) >= 11 is 0. The lowest BCUT2D eigenvalue weighted by Crippen LogP contribution is -2.30. The van der Waals surface area contributed by atoms with E-state index in [-0.39, 0.29) is 18.3 Å². The van der Waals surface area contributed by atoms with Gasteiger partial charge < -0.3 is 10.1 Å². The summed E-state index contributed by atoms with van der Waals surface area (Å²) in [5.41, 5.74) is -1.76. The minimum absolute atomic E-state index is 0.0800. The van der Waals surface area contributed by atoms with E-state index in [0.717, 1.165) is 4.68 Å². The molecule has 0 radical (unpaired) electrons. The topological polar surface area (TPSA) is 99.3 Å². The SMILES string of the molecule is Cc1c([N+](=O)[O-])c(C(F)F)nn1CC(=O)NCCCOC(C)C. The molecule has 1 rings (SSSR count). The van der Waals surface area contributed by atoms with Gasteiger partial charge in [-0.25, -0.2) is 8.78 Å². The molecule has 8 nitrogen and oxygen atoms in total. The third kappa shape index (κ3) is 5.55. The van der Waals surface area contributed by atoms with Crippen molar-refractivity contribution in [2.24, 2.45) is 0 Å². The highest BCUT2D eigenvalue weighted by atomic mass is 19.3. The van der Waals surface area contributed by atoms with Crippen molar-refractivity contribution in [2.75, 3.05) is 13.2 Å². The van der Waals surface area contributed by atoms with Gasteiger partial charge in [-0.3, -0.25) is 19.6 Å². The first kappa shape index (κ1) is 18.9. The highest BCUT2D eigenvalue weighted by molar-refractivity contribution is 5.75. The van der Waals surface area contributed by atoms with Gasteiger partial charge in [0.1, 0.15) is 12.2 Å². The second-order valence-electron chi connectivity index (χ2n) is 5.16. The van der Waals surface area contributed by atoms with Gasteiger partial charge in [-0.1, -0.05) is 0 Å². The minimum Gasteiger partial charge on any atom is -0.379 e. The first-order chi connectivity index (χ1) is 10.7. The molecular formula is C13H20F2N4O4. The van der Waals surface area contributed by atoms with Crippen molar-refractivity contribution >= 4 is 11.6 Å². The lowest BCUT2D eigenvalue weighted by Gasteiger charge is -2.08. The van der Waals surface area contributed by atoms with Crippen LogP contribution in [0.3, 0.4) is 0 Å². The number of amides is 1. The number of alkyl halides is 2. The van der Waals surface area contributed by atoms with Crippen LogP contribution in [0.25, 0.3) is 0 Å². The maximum absolute atomic E-state index is 12.8. The van der Waals surface area contributed by atoms with E-state index in [2.05, 4.69) is 10.4 Å². The molecule has 0 aliphatic rings. The van der Waals surface area contributed by atoms with Gasteiger partial charge in [-0.2, -0.15) is 5.10 Å². The van der Waals surface area contributed by atoms with E-state index in [0.29, 0.717) is 19.6 Å². The van der Waals surface area contributed by atoms with Gasteiger partial charge in [0.2, 0.25) is 11.6 Å². The average molecular weight is 334 g/mol. The maximum Gasteiger partial charge on any atom is 0.319 e. The molecule has 1 amide bonds. The summed E-state index contributed by atoms with van der Waals surface area (Å²) in [6.45, 7) is 5.56. The molecule has 10 heteroatoms. The molecule has 0 spiro atoms. The Bertz CT molecular complexity index is 560.